The van der Waals surface area contributed by atoms with Crippen LogP contribution in [0, 0.1) is 0 Å². The topological polar surface area (TPSA) is 92.3 Å². The van der Waals surface area contributed by atoms with Crippen LogP contribution in [0.3, 0.4) is 0 Å². The molecule has 18 heavy (non-hydrogen) atoms. The Morgan fingerprint density at radius 1 is 1.22 bits per heavy atom. The fourth-order valence-electron chi connectivity index (χ4n) is 1.10. The molecule has 0 amide bonds. The maximum Gasteiger partial charge on any atom is 0.325 e. The van der Waals surface area contributed by atoms with E-state index >= 15 is 0 Å². The molecule has 1 rings (SSSR count). The first kappa shape index (κ1) is 13.9. The van der Waals surface area contributed by atoms with E-state index in [0.29, 0.717) is 24.4 Å². The molecule has 0 fully saturated rings. The molecule has 0 atom stereocenters. The molecule has 1 heterocycles. The second-order valence-electron chi connectivity index (χ2n) is 3.64. The average Bonchev–Trinajstić information content (AvgIpc) is 2.36. The van der Waals surface area contributed by atoms with Crippen molar-refractivity contribution in [2.24, 2.45) is 0 Å². The van der Waals surface area contributed by atoms with E-state index in [1.165, 1.54) is 7.11 Å². The van der Waals surface area contributed by atoms with Crippen LogP contribution in [0.2, 0.25) is 0 Å². The predicted molar refractivity (Wildman–Crippen MR) is 68.8 cm³/mol. The highest BCUT2D eigenvalue weighted by Gasteiger charge is 2.08. The Morgan fingerprint density at radius 3 is 2.33 bits per heavy atom. The van der Waals surface area contributed by atoms with Gasteiger partial charge in [0, 0.05) is 20.6 Å². The summed E-state index contributed by atoms with van der Waals surface area (Å²) in [6.45, 7) is 2.66. The van der Waals surface area contributed by atoms with Crippen LogP contribution in [-0.2, 0) is 9.53 Å². The van der Waals surface area contributed by atoms with Crippen LogP contribution in [0.15, 0.2) is 0 Å². The lowest BCUT2D eigenvalue weighted by Crippen LogP contribution is -2.20. The van der Waals surface area contributed by atoms with Crippen LogP contribution >= 0.6 is 0 Å². The van der Waals surface area contributed by atoms with Crippen LogP contribution < -0.4 is 15.5 Å². The fourth-order valence-corrected chi connectivity index (χ4v) is 1.10. The van der Waals surface area contributed by atoms with Crippen molar-refractivity contribution in [3.8, 4) is 0 Å². The van der Waals surface area contributed by atoms with Gasteiger partial charge in [-0.2, -0.15) is 15.0 Å². The third kappa shape index (κ3) is 4.04. The monoisotopic (exact) mass is 254 g/mol. The molecule has 0 aliphatic rings. The molecule has 0 aliphatic carbocycles. The third-order valence-corrected chi connectivity index (χ3v) is 1.98. The van der Waals surface area contributed by atoms with Gasteiger partial charge in [-0.15, -0.1) is 0 Å². The van der Waals surface area contributed by atoms with Gasteiger partial charge < -0.3 is 20.3 Å². The minimum Gasteiger partial charge on any atom is -0.468 e. The summed E-state index contributed by atoms with van der Waals surface area (Å²) >= 11 is 0. The molecule has 1 aromatic heterocycles. The predicted octanol–water partition coefficient (Wildman–Crippen LogP) is -0.0457. The maximum absolute atomic E-state index is 11.0. The number of anilines is 3. The summed E-state index contributed by atoms with van der Waals surface area (Å²) in [6, 6.07) is 0. The molecular formula is C10H18N6O2. The summed E-state index contributed by atoms with van der Waals surface area (Å²) < 4.78 is 4.53. The van der Waals surface area contributed by atoms with Gasteiger partial charge in [-0.1, -0.05) is 0 Å². The molecule has 0 unspecified atom stereocenters. The van der Waals surface area contributed by atoms with Crippen molar-refractivity contribution in [3.63, 3.8) is 0 Å². The number of rotatable bonds is 6. The number of esters is 1. The van der Waals surface area contributed by atoms with Gasteiger partial charge in [-0.25, -0.2) is 0 Å². The number of methoxy groups -OCH3 is 1. The Labute approximate surface area is 106 Å². The number of carbonyl (C=O) groups excluding carboxylic acids is 1. The van der Waals surface area contributed by atoms with E-state index in [1.807, 2.05) is 21.0 Å². The molecule has 0 saturated heterocycles. The first-order chi connectivity index (χ1) is 8.56. The normalized spacial score (nSPS) is 9.78. The highest BCUT2D eigenvalue weighted by molar-refractivity contribution is 5.74. The van der Waals surface area contributed by atoms with Gasteiger partial charge >= 0.3 is 5.97 Å². The highest BCUT2D eigenvalue weighted by Crippen LogP contribution is 2.10. The highest BCUT2D eigenvalue weighted by atomic mass is 16.5. The number of carbonyl (C=O) groups is 1. The fraction of sp³-hybridized carbons (Fsp3) is 0.600. The van der Waals surface area contributed by atoms with Gasteiger partial charge in [-0.3, -0.25) is 4.79 Å². The standard InChI is InChI=1S/C10H18N6O2/c1-5-11-8-13-9(12-6-7(17)18-4)15-10(14-8)16(2)3/h5-6H2,1-4H3,(H2,11,12,13,14,15). The zero-order chi connectivity index (χ0) is 13.5. The summed E-state index contributed by atoms with van der Waals surface area (Å²) in [4.78, 5) is 25.3. The Balaban J connectivity index is 2.85. The lowest BCUT2D eigenvalue weighted by molar-refractivity contribution is -0.138. The van der Waals surface area contributed by atoms with Gasteiger partial charge in [0.2, 0.25) is 17.8 Å². The van der Waals surface area contributed by atoms with E-state index in [2.05, 4.69) is 30.3 Å². The van der Waals surface area contributed by atoms with Gasteiger partial charge in [0.1, 0.15) is 6.54 Å². The number of ether oxygens (including phenoxy) is 1. The number of nitrogens with one attached hydrogen (secondary N) is 2. The van der Waals surface area contributed by atoms with Crippen molar-refractivity contribution in [2.75, 3.05) is 49.8 Å². The lowest BCUT2D eigenvalue weighted by atomic mass is 10.6. The van der Waals surface area contributed by atoms with Crippen molar-refractivity contribution >= 4 is 23.8 Å². The van der Waals surface area contributed by atoms with Crippen LogP contribution in [0.1, 0.15) is 6.92 Å². The number of hydrogen-bond acceptors (Lipinski definition) is 8. The van der Waals surface area contributed by atoms with Crippen LogP contribution in [0.25, 0.3) is 0 Å². The smallest absolute Gasteiger partial charge is 0.325 e. The molecule has 0 radical (unpaired) electrons. The Hall–Kier alpha value is -2.12. The maximum atomic E-state index is 11.0. The van der Waals surface area contributed by atoms with E-state index in [0.717, 1.165) is 0 Å². The van der Waals surface area contributed by atoms with Gasteiger partial charge in [0.25, 0.3) is 0 Å². The Morgan fingerprint density at radius 2 is 1.83 bits per heavy atom. The molecular weight excluding hydrogens is 236 g/mol. The number of nitrogens with zero attached hydrogens (tertiary/aromatic N) is 4. The van der Waals surface area contributed by atoms with E-state index in [9.17, 15) is 4.79 Å². The Bertz CT molecular complexity index is 409. The minimum atomic E-state index is -0.383. The molecule has 1 aromatic rings. The number of aromatic nitrogens is 3. The van der Waals surface area contributed by atoms with E-state index < -0.39 is 0 Å². The zero-order valence-corrected chi connectivity index (χ0v) is 11.0. The van der Waals surface area contributed by atoms with Gasteiger partial charge in [-0.05, 0) is 6.92 Å². The second-order valence-corrected chi connectivity index (χ2v) is 3.64. The second kappa shape index (κ2) is 6.58. The summed E-state index contributed by atoms with van der Waals surface area (Å²) in [5.74, 6) is 0.916. The zero-order valence-electron chi connectivity index (χ0n) is 11.0. The van der Waals surface area contributed by atoms with E-state index in [1.54, 1.807) is 4.90 Å². The first-order valence-electron chi connectivity index (χ1n) is 5.54. The molecule has 8 heteroatoms. The van der Waals surface area contributed by atoms with E-state index in [4.69, 9.17) is 0 Å². The van der Waals surface area contributed by atoms with E-state index in [-0.39, 0.29) is 12.5 Å². The molecule has 8 nitrogen and oxygen atoms in total. The average molecular weight is 254 g/mol. The van der Waals surface area contributed by atoms with Gasteiger partial charge in [0.05, 0.1) is 7.11 Å². The lowest BCUT2D eigenvalue weighted by Gasteiger charge is -2.13. The quantitative estimate of drug-likeness (QED) is 0.683. The molecule has 0 aromatic carbocycles. The van der Waals surface area contributed by atoms with Crippen molar-refractivity contribution in [1.29, 1.82) is 0 Å². The minimum absolute atomic E-state index is 0.0128. The van der Waals surface area contributed by atoms with Crippen molar-refractivity contribution in [2.45, 2.75) is 6.92 Å². The molecule has 2 N–H and O–H groups in total. The molecule has 0 bridgehead atoms. The first-order valence-corrected chi connectivity index (χ1v) is 5.54. The number of hydrogen-bond donors (Lipinski definition) is 2. The molecule has 0 aliphatic heterocycles. The largest absolute Gasteiger partial charge is 0.468 e. The molecule has 0 spiro atoms. The third-order valence-electron chi connectivity index (χ3n) is 1.98. The van der Waals surface area contributed by atoms with Crippen molar-refractivity contribution < 1.29 is 9.53 Å². The molecule has 100 valence electrons. The SMILES string of the molecule is CCNc1nc(NCC(=O)OC)nc(N(C)C)n1. The molecule has 0 saturated carbocycles. The van der Waals surface area contributed by atoms with Crippen LogP contribution in [0.4, 0.5) is 17.8 Å². The summed E-state index contributed by atoms with van der Waals surface area (Å²) in [5.41, 5.74) is 0. The van der Waals surface area contributed by atoms with Crippen LogP contribution in [0.5, 0.6) is 0 Å². The summed E-state index contributed by atoms with van der Waals surface area (Å²) in [5, 5.41) is 5.79. The summed E-state index contributed by atoms with van der Waals surface area (Å²) in [7, 11) is 4.98. The van der Waals surface area contributed by atoms with Gasteiger partial charge in [0.15, 0.2) is 0 Å². The van der Waals surface area contributed by atoms with Crippen molar-refractivity contribution in [1.82, 2.24) is 15.0 Å². The van der Waals surface area contributed by atoms with Crippen molar-refractivity contribution in [3.05, 3.63) is 0 Å². The summed E-state index contributed by atoms with van der Waals surface area (Å²) in [6.07, 6.45) is 0. The Kier molecular flexibility index (Phi) is 5.09. The van der Waals surface area contributed by atoms with Crippen LogP contribution in [-0.4, -0.2) is 55.2 Å².